The Kier molecular flexibility index (Phi) is 2.18. The van der Waals surface area contributed by atoms with Crippen molar-refractivity contribution in [2.24, 2.45) is 0 Å². The fraction of sp³-hybridized carbons (Fsp3) is 0.500. The molecule has 0 bridgehead atoms. The van der Waals surface area contributed by atoms with Crippen molar-refractivity contribution in [2.75, 3.05) is 11.5 Å². The van der Waals surface area contributed by atoms with Gasteiger partial charge in [-0.2, -0.15) is 0 Å². The Bertz CT molecular complexity index is 281. The Hall–Kier alpha value is -0.570. The van der Waals surface area contributed by atoms with E-state index in [1.807, 2.05) is 26.0 Å². The molecule has 1 aliphatic heterocycles. The molecule has 1 fully saturated rings. The summed E-state index contributed by atoms with van der Waals surface area (Å²) in [6.45, 7) is 3.75. The Morgan fingerprint density at radius 1 is 1.09 bits per heavy atom. The molecule has 11 heavy (non-hydrogen) atoms. The van der Waals surface area contributed by atoms with Gasteiger partial charge in [0.2, 0.25) is 0 Å². The third kappa shape index (κ3) is 1.71. The van der Waals surface area contributed by atoms with Gasteiger partial charge in [0.15, 0.2) is 9.84 Å². The topological polar surface area (TPSA) is 34.1 Å². The maximum Gasteiger partial charge on any atom is 0.158 e. The second kappa shape index (κ2) is 2.81. The lowest BCUT2D eigenvalue weighted by Gasteiger charge is -1.92. The van der Waals surface area contributed by atoms with Gasteiger partial charge in [0, 0.05) is 0 Å². The van der Waals surface area contributed by atoms with Gasteiger partial charge in [-0.3, -0.25) is 0 Å². The predicted molar refractivity (Wildman–Crippen MR) is 46.2 cm³/mol. The van der Waals surface area contributed by atoms with Gasteiger partial charge < -0.3 is 0 Å². The minimum Gasteiger partial charge on any atom is -0.228 e. The molecule has 2 nitrogen and oxygen atoms in total. The molecule has 1 saturated heterocycles. The van der Waals surface area contributed by atoms with Gasteiger partial charge >= 0.3 is 0 Å². The summed E-state index contributed by atoms with van der Waals surface area (Å²) in [6, 6.07) is 0. The zero-order valence-corrected chi connectivity index (χ0v) is 7.61. The van der Waals surface area contributed by atoms with Crippen molar-refractivity contribution in [3.8, 4) is 0 Å². The zero-order valence-electron chi connectivity index (χ0n) is 6.79. The molecule has 62 valence electrons. The van der Waals surface area contributed by atoms with Gasteiger partial charge in [0.05, 0.1) is 11.5 Å². The fourth-order valence-electron chi connectivity index (χ4n) is 1.25. The van der Waals surface area contributed by atoms with Crippen LogP contribution < -0.4 is 0 Å². The molecule has 0 radical (unpaired) electrons. The smallest absolute Gasteiger partial charge is 0.158 e. The van der Waals surface area contributed by atoms with Gasteiger partial charge in [-0.15, -0.1) is 0 Å². The molecule has 0 aromatic rings. The molecule has 1 aliphatic rings. The minimum atomic E-state index is -2.81. The lowest BCUT2D eigenvalue weighted by Crippen LogP contribution is -1.99. The average molecular weight is 172 g/mol. The van der Waals surface area contributed by atoms with Crippen molar-refractivity contribution in [1.82, 2.24) is 0 Å². The lowest BCUT2D eigenvalue weighted by molar-refractivity contribution is 0.603. The van der Waals surface area contributed by atoms with Crippen LogP contribution in [0.2, 0.25) is 0 Å². The highest BCUT2D eigenvalue weighted by molar-refractivity contribution is 7.92. The van der Waals surface area contributed by atoms with Crippen LogP contribution >= 0.6 is 0 Å². The van der Waals surface area contributed by atoms with Gasteiger partial charge in [-0.05, 0) is 25.0 Å². The molecular weight excluding hydrogens is 160 g/mol. The largest absolute Gasteiger partial charge is 0.228 e. The summed E-state index contributed by atoms with van der Waals surface area (Å²) in [5, 5.41) is 0. The first kappa shape index (κ1) is 8.53. The first-order valence-corrected chi connectivity index (χ1v) is 5.42. The van der Waals surface area contributed by atoms with Crippen LogP contribution in [0.4, 0.5) is 0 Å². The quantitative estimate of drug-likeness (QED) is 0.552. The third-order valence-corrected chi connectivity index (χ3v) is 3.36. The standard InChI is InChI=1S/C8H12O2S/c1-3-7-5-11(9,10)6-8(7)4-2/h3-4H,5-6H2,1-2H3/b7-3-,8-4-. The van der Waals surface area contributed by atoms with Crippen LogP contribution in [0.25, 0.3) is 0 Å². The van der Waals surface area contributed by atoms with E-state index in [0.717, 1.165) is 11.1 Å². The molecule has 0 saturated carbocycles. The molecule has 0 aromatic carbocycles. The van der Waals surface area contributed by atoms with Gasteiger partial charge in [0.1, 0.15) is 0 Å². The van der Waals surface area contributed by atoms with Crippen LogP contribution in [-0.2, 0) is 9.84 Å². The van der Waals surface area contributed by atoms with Crippen LogP contribution in [0.3, 0.4) is 0 Å². The Morgan fingerprint density at radius 3 is 1.73 bits per heavy atom. The van der Waals surface area contributed by atoms with E-state index >= 15 is 0 Å². The number of allylic oxidation sites excluding steroid dienone is 2. The summed E-state index contributed by atoms with van der Waals surface area (Å²) in [5.41, 5.74) is 1.93. The molecule has 0 unspecified atom stereocenters. The molecular formula is C8H12O2S. The number of hydrogen-bond acceptors (Lipinski definition) is 2. The summed E-state index contributed by atoms with van der Waals surface area (Å²) in [4.78, 5) is 0. The monoisotopic (exact) mass is 172 g/mol. The van der Waals surface area contributed by atoms with Gasteiger partial charge in [0.25, 0.3) is 0 Å². The van der Waals surface area contributed by atoms with Crippen LogP contribution in [0.5, 0.6) is 0 Å². The van der Waals surface area contributed by atoms with E-state index in [1.165, 1.54) is 0 Å². The predicted octanol–water partition coefficient (Wildman–Crippen LogP) is 1.31. The van der Waals surface area contributed by atoms with Crippen LogP contribution in [0, 0.1) is 0 Å². The average Bonchev–Trinajstić information content (AvgIpc) is 2.25. The second-order valence-electron chi connectivity index (χ2n) is 2.66. The maximum atomic E-state index is 11.1. The SMILES string of the molecule is C/C=C1/CS(=O)(=O)C/C1=C/C. The van der Waals surface area contributed by atoms with Crippen molar-refractivity contribution < 1.29 is 8.42 Å². The van der Waals surface area contributed by atoms with Crippen LogP contribution in [-0.4, -0.2) is 19.9 Å². The summed E-state index contributed by atoms with van der Waals surface area (Å²) in [5.74, 6) is 0.451. The van der Waals surface area contributed by atoms with Crippen molar-refractivity contribution in [2.45, 2.75) is 13.8 Å². The molecule has 1 heterocycles. The lowest BCUT2D eigenvalue weighted by atomic mass is 10.1. The zero-order chi connectivity index (χ0) is 8.48. The normalized spacial score (nSPS) is 30.0. The van der Waals surface area contributed by atoms with E-state index in [9.17, 15) is 8.42 Å². The Balaban J connectivity index is 3.07. The number of rotatable bonds is 0. The van der Waals surface area contributed by atoms with Crippen molar-refractivity contribution >= 4 is 9.84 Å². The van der Waals surface area contributed by atoms with E-state index in [4.69, 9.17) is 0 Å². The Morgan fingerprint density at radius 2 is 1.45 bits per heavy atom. The molecule has 1 rings (SSSR count). The molecule has 0 amide bonds. The molecule has 0 spiro atoms. The van der Waals surface area contributed by atoms with E-state index in [-0.39, 0.29) is 11.5 Å². The molecule has 0 N–H and O–H groups in total. The van der Waals surface area contributed by atoms with Crippen LogP contribution in [0.15, 0.2) is 23.3 Å². The highest BCUT2D eigenvalue weighted by Gasteiger charge is 2.25. The molecule has 3 heteroatoms. The molecule has 0 aliphatic carbocycles. The molecule has 0 atom stereocenters. The minimum absolute atomic E-state index is 0.225. The summed E-state index contributed by atoms with van der Waals surface area (Å²) < 4.78 is 22.2. The first-order chi connectivity index (χ1) is 5.09. The van der Waals surface area contributed by atoms with E-state index < -0.39 is 9.84 Å². The highest BCUT2D eigenvalue weighted by Crippen LogP contribution is 2.23. The fourth-order valence-corrected chi connectivity index (χ4v) is 3.00. The van der Waals surface area contributed by atoms with E-state index in [0.29, 0.717) is 0 Å². The number of hydrogen-bond donors (Lipinski definition) is 0. The first-order valence-electron chi connectivity index (χ1n) is 3.60. The van der Waals surface area contributed by atoms with E-state index in [2.05, 4.69) is 0 Å². The Labute approximate surface area is 67.5 Å². The van der Waals surface area contributed by atoms with Crippen molar-refractivity contribution in [3.05, 3.63) is 23.3 Å². The summed E-state index contributed by atoms with van der Waals surface area (Å²) >= 11 is 0. The van der Waals surface area contributed by atoms with E-state index in [1.54, 1.807) is 0 Å². The third-order valence-electron chi connectivity index (χ3n) is 1.86. The molecule has 0 aromatic heterocycles. The van der Waals surface area contributed by atoms with Gasteiger partial charge in [-0.1, -0.05) is 12.2 Å². The highest BCUT2D eigenvalue weighted by atomic mass is 32.2. The van der Waals surface area contributed by atoms with Crippen LogP contribution in [0.1, 0.15) is 13.8 Å². The van der Waals surface area contributed by atoms with Crippen molar-refractivity contribution in [1.29, 1.82) is 0 Å². The number of sulfone groups is 1. The summed E-state index contributed by atoms with van der Waals surface area (Å²) in [7, 11) is -2.81. The van der Waals surface area contributed by atoms with Crippen molar-refractivity contribution in [3.63, 3.8) is 0 Å². The second-order valence-corrected chi connectivity index (χ2v) is 4.72. The summed E-state index contributed by atoms with van der Waals surface area (Å²) in [6.07, 6.45) is 3.75. The van der Waals surface area contributed by atoms with Gasteiger partial charge in [-0.25, -0.2) is 8.42 Å². The maximum absolute atomic E-state index is 11.1.